The summed E-state index contributed by atoms with van der Waals surface area (Å²) in [5, 5.41) is 10.2. The van der Waals surface area contributed by atoms with Crippen molar-refractivity contribution in [1.82, 2.24) is 4.98 Å². The summed E-state index contributed by atoms with van der Waals surface area (Å²) in [7, 11) is 0. The summed E-state index contributed by atoms with van der Waals surface area (Å²) in [5.74, 6) is -0.862. The van der Waals surface area contributed by atoms with E-state index in [0.717, 1.165) is 12.3 Å². The Morgan fingerprint density at radius 1 is 1.73 bits per heavy atom. The fraction of sp³-hybridized carbons (Fsp3) is 0.167. The third-order valence-corrected chi connectivity index (χ3v) is 1.19. The van der Waals surface area contributed by atoms with Gasteiger partial charge in [-0.1, -0.05) is 0 Å². The number of aryl methyl sites for hydroxylation is 1. The smallest absolute Gasteiger partial charge is 0.358 e. The Labute approximate surface area is 61.8 Å². The van der Waals surface area contributed by atoms with Crippen LogP contribution in [0.5, 0.6) is 0 Å². The predicted molar refractivity (Wildman–Crippen MR) is 35.6 cm³/mol. The number of halogens is 1. The van der Waals surface area contributed by atoms with Crippen molar-refractivity contribution >= 4 is 5.82 Å². The molecule has 0 saturated carbocycles. The van der Waals surface area contributed by atoms with E-state index in [1.54, 1.807) is 0 Å². The van der Waals surface area contributed by atoms with Crippen molar-refractivity contribution in [3.05, 3.63) is 33.8 Å². The van der Waals surface area contributed by atoms with Crippen LogP contribution in [0.4, 0.5) is 10.2 Å². The molecule has 0 spiro atoms. The van der Waals surface area contributed by atoms with Gasteiger partial charge in [-0.15, -0.1) is 0 Å². The van der Waals surface area contributed by atoms with E-state index >= 15 is 0 Å². The van der Waals surface area contributed by atoms with Gasteiger partial charge in [0.15, 0.2) is 12.0 Å². The molecule has 0 amide bonds. The largest absolute Gasteiger partial charge is 0.366 e. The van der Waals surface area contributed by atoms with Gasteiger partial charge in [0.2, 0.25) is 0 Å². The van der Waals surface area contributed by atoms with Crippen LogP contribution in [-0.2, 0) is 0 Å². The van der Waals surface area contributed by atoms with E-state index in [-0.39, 0.29) is 11.4 Å². The molecule has 1 aromatic heterocycles. The summed E-state index contributed by atoms with van der Waals surface area (Å²) >= 11 is 0. The van der Waals surface area contributed by atoms with Crippen molar-refractivity contribution < 1.29 is 9.31 Å². The van der Waals surface area contributed by atoms with E-state index in [4.69, 9.17) is 0 Å². The van der Waals surface area contributed by atoms with Crippen molar-refractivity contribution in [2.45, 2.75) is 6.92 Å². The molecule has 11 heavy (non-hydrogen) atoms. The molecule has 0 aliphatic rings. The van der Waals surface area contributed by atoms with E-state index in [0.29, 0.717) is 0 Å². The first-order valence-electron chi connectivity index (χ1n) is 2.88. The maximum Gasteiger partial charge on any atom is 0.366 e. The van der Waals surface area contributed by atoms with Gasteiger partial charge in [0, 0.05) is 5.56 Å². The van der Waals surface area contributed by atoms with Gasteiger partial charge in [0.05, 0.1) is 0 Å². The van der Waals surface area contributed by atoms with Crippen LogP contribution in [0.25, 0.3) is 0 Å². The molecule has 5 heteroatoms. The minimum absolute atomic E-state index is 0.231. The van der Waals surface area contributed by atoms with Gasteiger partial charge in [0.1, 0.15) is 0 Å². The second-order valence-electron chi connectivity index (χ2n) is 2.05. The molecule has 0 aliphatic heterocycles. The number of hydrogen-bond donors (Lipinski definition) is 0. The highest BCUT2D eigenvalue weighted by molar-refractivity contribution is 5.30. The molecule has 1 heterocycles. The number of nitro groups is 1. The summed E-state index contributed by atoms with van der Waals surface area (Å²) in [6.07, 6.45) is 0.825. The van der Waals surface area contributed by atoms with Crippen molar-refractivity contribution in [2.24, 2.45) is 0 Å². The number of hydrogen-bond acceptors (Lipinski definition) is 3. The monoisotopic (exact) mass is 156 g/mol. The van der Waals surface area contributed by atoms with Gasteiger partial charge in [-0.05, 0) is 22.9 Å². The summed E-state index contributed by atoms with van der Waals surface area (Å²) in [5.41, 5.74) is 0.231. The summed E-state index contributed by atoms with van der Waals surface area (Å²) in [6, 6.07) is 1.07. The van der Waals surface area contributed by atoms with E-state index in [2.05, 4.69) is 4.98 Å². The predicted octanol–water partition coefficient (Wildman–Crippen LogP) is 1.44. The lowest BCUT2D eigenvalue weighted by Crippen LogP contribution is -1.95. The Bertz CT molecular complexity index is 301. The standard InChI is InChI=1S/C6H5FN2O2/c1-4-2-5(7)3-8-6(4)9(10)11/h2-3H,1H3. The normalized spacial score (nSPS) is 9.64. The molecule has 1 rings (SSSR count). The van der Waals surface area contributed by atoms with Gasteiger partial charge in [-0.3, -0.25) is 0 Å². The molecule has 0 fully saturated rings. The number of nitrogens with zero attached hydrogens (tertiary/aromatic N) is 2. The van der Waals surface area contributed by atoms with Gasteiger partial charge in [-0.25, -0.2) is 4.39 Å². The average Bonchev–Trinajstić information content (AvgIpc) is 1.85. The van der Waals surface area contributed by atoms with Gasteiger partial charge in [-0.2, -0.15) is 0 Å². The van der Waals surface area contributed by atoms with E-state index in [1.165, 1.54) is 6.92 Å². The van der Waals surface area contributed by atoms with Crippen LogP contribution in [0.15, 0.2) is 12.3 Å². The zero-order valence-corrected chi connectivity index (χ0v) is 5.74. The molecule has 58 valence electrons. The molecule has 0 aliphatic carbocycles. The minimum atomic E-state index is -0.644. The molecule has 0 saturated heterocycles. The van der Waals surface area contributed by atoms with Crippen molar-refractivity contribution in [2.75, 3.05) is 0 Å². The van der Waals surface area contributed by atoms with Gasteiger partial charge >= 0.3 is 5.82 Å². The third-order valence-electron chi connectivity index (χ3n) is 1.19. The Morgan fingerprint density at radius 3 is 2.82 bits per heavy atom. The summed E-state index contributed by atoms with van der Waals surface area (Å²) in [4.78, 5) is 12.8. The molecule has 4 nitrogen and oxygen atoms in total. The molecular weight excluding hydrogens is 151 g/mol. The van der Waals surface area contributed by atoms with Crippen LogP contribution in [-0.4, -0.2) is 9.91 Å². The fourth-order valence-electron chi connectivity index (χ4n) is 0.724. The van der Waals surface area contributed by atoms with Crippen LogP contribution in [0.3, 0.4) is 0 Å². The van der Waals surface area contributed by atoms with Gasteiger partial charge in [0.25, 0.3) is 0 Å². The first-order valence-corrected chi connectivity index (χ1v) is 2.88. The highest BCUT2D eigenvalue weighted by Gasteiger charge is 2.11. The zero-order valence-electron chi connectivity index (χ0n) is 5.74. The fourth-order valence-corrected chi connectivity index (χ4v) is 0.724. The minimum Gasteiger partial charge on any atom is -0.358 e. The lowest BCUT2D eigenvalue weighted by Gasteiger charge is -1.94. The zero-order chi connectivity index (χ0) is 8.43. The maximum atomic E-state index is 12.3. The highest BCUT2D eigenvalue weighted by atomic mass is 19.1. The lowest BCUT2D eigenvalue weighted by atomic mass is 10.3. The van der Waals surface area contributed by atoms with Crippen LogP contribution in [0.1, 0.15) is 5.56 Å². The van der Waals surface area contributed by atoms with Crippen LogP contribution < -0.4 is 0 Å². The molecule has 0 unspecified atom stereocenters. The third kappa shape index (κ3) is 1.49. The topological polar surface area (TPSA) is 56.0 Å². The first-order chi connectivity index (χ1) is 5.11. The Kier molecular flexibility index (Phi) is 1.80. The highest BCUT2D eigenvalue weighted by Crippen LogP contribution is 2.13. The van der Waals surface area contributed by atoms with Crippen LogP contribution in [0.2, 0.25) is 0 Å². The molecule has 1 aromatic rings. The number of pyridine rings is 1. The number of rotatable bonds is 1. The second-order valence-corrected chi connectivity index (χ2v) is 2.05. The van der Waals surface area contributed by atoms with E-state index in [1.807, 2.05) is 0 Å². The molecule has 0 atom stereocenters. The Hall–Kier alpha value is -1.52. The lowest BCUT2D eigenvalue weighted by molar-refractivity contribution is -0.390. The molecule has 0 aromatic carbocycles. The molecule has 0 N–H and O–H groups in total. The first kappa shape index (κ1) is 7.59. The number of aromatic nitrogens is 1. The summed E-state index contributed by atoms with van der Waals surface area (Å²) in [6.45, 7) is 1.44. The molecule has 0 bridgehead atoms. The quantitative estimate of drug-likeness (QED) is 0.456. The van der Waals surface area contributed by atoms with E-state index < -0.39 is 10.7 Å². The van der Waals surface area contributed by atoms with E-state index in [9.17, 15) is 14.5 Å². The summed E-state index contributed by atoms with van der Waals surface area (Å²) < 4.78 is 12.3. The maximum absolute atomic E-state index is 12.3. The van der Waals surface area contributed by atoms with Crippen molar-refractivity contribution in [3.63, 3.8) is 0 Å². The molecular formula is C6H5FN2O2. The van der Waals surface area contributed by atoms with Crippen LogP contribution >= 0.6 is 0 Å². The Balaban J connectivity index is 3.20. The Morgan fingerprint density at radius 2 is 2.36 bits per heavy atom. The van der Waals surface area contributed by atoms with Crippen molar-refractivity contribution in [1.29, 1.82) is 0 Å². The second kappa shape index (κ2) is 2.61. The SMILES string of the molecule is Cc1cc(F)cnc1[N+](=O)[O-]. The van der Waals surface area contributed by atoms with Crippen LogP contribution in [0, 0.1) is 22.9 Å². The average molecular weight is 156 g/mol. The molecule has 0 radical (unpaired) electrons. The van der Waals surface area contributed by atoms with Gasteiger partial charge < -0.3 is 10.1 Å². The van der Waals surface area contributed by atoms with Crippen molar-refractivity contribution in [3.8, 4) is 0 Å².